The van der Waals surface area contributed by atoms with Gasteiger partial charge in [0, 0.05) is 44.5 Å². The summed E-state index contributed by atoms with van der Waals surface area (Å²) in [6.07, 6.45) is 5.20. The molecule has 0 saturated heterocycles. The van der Waals surface area contributed by atoms with Crippen molar-refractivity contribution in [1.29, 1.82) is 0 Å². The molecule has 0 saturated carbocycles. The first kappa shape index (κ1) is 18.1. The number of aromatic nitrogens is 4. The molecule has 0 spiro atoms. The van der Waals surface area contributed by atoms with E-state index in [-0.39, 0.29) is 0 Å². The third-order valence-electron chi connectivity index (χ3n) is 4.42. The van der Waals surface area contributed by atoms with Crippen molar-refractivity contribution in [2.75, 3.05) is 23.7 Å². The number of anilines is 2. The Hall–Kier alpha value is -3.26. The molecular weight excluding hydrogens is 372 g/mol. The molecular formula is C20H20N6OS. The Morgan fingerprint density at radius 2 is 1.86 bits per heavy atom. The van der Waals surface area contributed by atoms with Gasteiger partial charge in [-0.05, 0) is 30.3 Å². The number of nitrogens with zero attached hydrogens (tertiary/aromatic N) is 5. The molecule has 0 fully saturated rings. The fourth-order valence-corrected chi connectivity index (χ4v) is 3.76. The van der Waals surface area contributed by atoms with Crippen molar-refractivity contribution in [3.05, 3.63) is 61.1 Å². The molecule has 3 heterocycles. The van der Waals surface area contributed by atoms with E-state index in [9.17, 15) is 4.21 Å². The van der Waals surface area contributed by atoms with Crippen LogP contribution >= 0.6 is 0 Å². The standard InChI is InChI=1S/C20H20N6OS/c1-25(2)19-10-7-14(11-22-19)17-9-8-16(13-21-17)28(27)24-18-6-4-5-15-12-23-26(3)20(15)18/h4-13,24H,1-3H3. The second-order valence-corrected chi connectivity index (χ2v) is 7.77. The van der Waals surface area contributed by atoms with Crippen molar-refractivity contribution in [2.24, 2.45) is 7.05 Å². The lowest BCUT2D eigenvalue weighted by Crippen LogP contribution is -2.10. The maximum absolute atomic E-state index is 12.8. The van der Waals surface area contributed by atoms with E-state index < -0.39 is 11.0 Å². The fraction of sp³-hybridized carbons (Fsp3) is 0.150. The molecule has 142 valence electrons. The second kappa shape index (κ2) is 7.40. The zero-order valence-corrected chi connectivity index (χ0v) is 16.6. The Balaban J connectivity index is 1.55. The Morgan fingerprint density at radius 1 is 1.00 bits per heavy atom. The number of aryl methyl sites for hydroxylation is 1. The summed E-state index contributed by atoms with van der Waals surface area (Å²) >= 11 is 0. The Morgan fingerprint density at radius 3 is 2.54 bits per heavy atom. The monoisotopic (exact) mass is 392 g/mol. The highest BCUT2D eigenvalue weighted by atomic mass is 32.2. The zero-order valence-electron chi connectivity index (χ0n) is 15.8. The summed E-state index contributed by atoms with van der Waals surface area (Å²) in [7, 11) is 4.33. The number of benzene rings is 1. The average Bonchev–Trinajstić information content (AvgIpc) is 3.10. The third-order valence-corrected chi connectivity index (χ3v) is 5.49. The molecule has 4 rings (SSSR count). The van der Waals surface area contributed by atoms with Crippen molar-refractivity contribution >= 4 is 33.4 Å². The van der Waals surface area contributed by atoms with E-state index >= 15 is 0 Å². The lowest BCUT2D eigenvalue weighted by Gasteiger charge is -2.11. The minimum Gasteiger partial charge on any atom is -0.363 e. The molecule has 1 atom stereocenters. The van der Waals surface area contributed by atoms with Crippen LogP contribution in [0.5, 0.6) is 0 Å². The van der Waals surface area contributed by atoms with Gasteiger partial charge in [-0.1, -0.05) is 12.1 Å². The van der Waals surface area contributed by atoms with Gasteiger partial charge in [-0.3, -0.25) is 14.4 Å². The molecule has 0 aliphatic rings. The number of rotatable bonds is 5. The number of hydrogen-bond donors (Lipinski definition) is 1. The van der Waals surface area contributed by atoms with Crippen molar-refractivity contribution in [1.82, 2.24) is 19.7 Å². The van der Waals surface area contributed by atoms with Crippen LogP contribution in [0.4, 0.5) is 11.5 Å². The predicted octanol–water partition coefficient (Wildman–Crippen LogP) is 3.23. The quantitative estimate of drug-likeness (QED) is 0.564. The smallest absolute Gasteiger partial charge is 0.151 e. The number of nitrogens with one attached hydrogen (secondary N) is 1. The summed E-state index contributed by atoms with van der Waals surface area (Å²) in [4.78, 5) is 11.4. The minimum atomic E-state index is -1.43. The molecule has 1 aromatic carbocycles. The van der Waals surface area contributed by atoms with Gasteiger partial charge in [-0.2, -0.15) is 5.10 Å². The second-order valence-electron chi connectivity index (χ2n) is 6.56. The first-order chi connectivity index (χ1) is 13.5. The van der Waals surface area contributed by atoms with Gasteiger partial charge in [0.15, 0.2) is 11.0 Å². The van der Waals surface area contributed by atoms with E-state index in [1.807, 2.05) is 68.5 Å². The molecule has 4 aromatic rings. The molecule has 0 amide bonds. The van der Waals surface area contributed by atoms with Crippen LogP contribution in [-0.2, 0) is 18.0 Å². The normalized spacial score (nSPS) is 12.1. The van der Waals surface area contributed by atoms with E-state index in [0.29, 0.717) is 4.90 Å². The summed E-state index contributed by atoms with van der Waals surface area (Å²) in [5.74, 6) is 0.884. The van der Waals surface area contributed by atoms with Crippen LogP contribution in [0, 0.1) is 0 Å². The maximum Gasteiger partial charge on any atom is 0.151 e. The maximum atomic E-state index is 12.8. The van der Waals surface area contributed by atoms with E-state index in [0.717, 1.165) is 33.7 Å². The highest BCUT2D eigenvalue weighted by Crippen LogP contribution is 2.24. The summed E-state index contributed by atoms with van der Waals surface area (Å²) in [6, 6.07) is 13.4. The molecule has 28 heavy (non-hydrogen) atoms. The highest BCUT2D eigenvalue weighted by molar-refractivity contribution is 7.86. The van der Waals surface area contributed by atoms with E-state index in [1.165, 1.54) is 0 Å². The molecule has 7 nitrogen and oxygen atoms in total. The predicted molar refractivity (Wildman–Crippen MR) is 113 cm³/mol. The highest BCUT2D eigenvalue weighted by Gasteiger charge is 2.11. The lowest BCUT2D eigenvalue weighted by atomic mass is 10.2. The lowest BCUT2D eigenvalue weighted by molar-refractivity contribution is 0.686. The van der Waals surface area contributed by atoms with E-state index in [4.69, 9.17) is 0 Å². The van der Waals surface area contributed by atoms with Crippen LogP contribution in [0.3, 0.4) is 0 Å². The van der Waals surface area contributed by atoms with Crippen LogP contribution in [-0.4, -0.2) is 38.1 Å². The van der Waals surface area contributed by atoms with Crippen molar-refractivity contribution in [3.63, 3.8) is 0 Å². The Labute approximate surface area is 165 Å². The molecule has 8 heteroatoms. The van der Waals surface area contributed by atoms with Gasteiger partial charge in [0.2, 0.25) is 0 Å². The summed E-state index contributed by atoms with van der Waals surface area (Å²) < 4.78 is 17.6. The average molecular weight is 392 g/mol. The van der Waals surface area contributed by atoms with Gasteiger partial charge in [-0.25, -0.2) is 9.19 Å². The molecule has 0 aliphatic heterocycles. The summed E-state index contributed by atoms with van der Waals surface area (Å²) in [5.41, 5.74) is 3.37. The number of para-hydroxylation sites is 1. The van der Waals surface area contributed by atoms with E-state index in [1.54, 1.807) is 23.3 Å². The number of fused-ring (bicyclic) bond motifs is 1. The summed E-state index contributed by atoms with van der Waals surface area (Å²) in [5, 5.41) is 5.25. The number of pyridine rings is 2. The van der Waals surface area contributed by atoms with E-state index in [2.05, 4.69) is 19.8 Å². The van der Waals surface area contributed by atoms with Crippen LogP contribution in [0.2, 0.25) is 0 Å². The van der Waals surface area contributed by atoms with Gasteiger partial charge in [-0.15, -0.1) is 0 Å². The molecule has 1 N–H and O–H groups in total. The molecule has 1 unspecified atom stereocenters. The van der Waals surface area contributed by atoms with Crippen LogP contribution in [0.25, 0.3) is 22.2 Å². The SMILES string of the molecule is CN(C)c1ccc(-c2ccc(S(=O)Nc3cccc4cnn(C)c34)cn2)cn1. The Kier molecular flexibility index (Phi) is 4.79. The van der Waals surface area contributed by atoms with Gasteiger partial charge in [0.25, 0.3) is 0 Å². The van der Waals surface area contributed by atoms with Crippen LogP contribution in [0.1, 0.15) is 0 Å². The fourth-order valence-electron chi connectivity index (χ4n) is 2.94. The summed E-state index contributed by atoms with van der Waals surface area (Å²) in [6.45, 7) is 0. The number of hydrogen-bond acceptors (Lipinski definition) is 5. The van der Waals surface area contributed by atoms with Gasteiger partial charge < -0.3 is 4.90 Å². The molecule has 0 aliphatic carbocycles. The van der Waals surface area contributed by atoms with Crippen molar-refractivity contribution in [3.8, 4) is 11.3 Å². The first-order valence-corrected chi connectivity index (χ1v) is 9.87. The Bertz CT molecular complexity index is 1140. The first-order valence-electron chi connectivity index (χ1n) is 8.72. The molecule has 0 bridgehead atoms. The van der Waals surface area contributed by atoms with Gasteiger partial charge in [0.05, 0.1) is 28.0 Å². The third kappa shape index (κ3) is 3.46. The van der Waals surface area contributed by atoms with Crippen LogP contribution < -0.4 is 9.62 Å². The van der Waals surface area contributed by atoms with Crippen LogP contribution in [0.15, 0.2) is 66.0 Å². The van der Waals surface area contributed by atoms with Gasteiger partial charge in [0.1, 0.15) is 5.82 Å². The largest absolute Gasteiger partial charge is 0.363 e. The molecule has 3 aromatic heterocycles. The van der Waals surface area contributed by atoms with Crippen molar-refractivity contribution < 1.29 is 4.21 Å². The molecule has 0 radical (unpaired) electrons. The topological polar surface area (TPSA) is 75.9 Å². The van der Waals surface area contributed by atoms with Crippen molar-refractivity contribution in [2.45, 2.75) is 4.90 Å². The minimum absolute atomic E-state index is 0.598. The van der Waals surface area contributed by atoms with Gasteiger partial charge >= 0.3 is 0 Å². The zero-order chi connectivity index (χ0) is 19.7.